The molecule has 3 nitrogen and oxygen atoms in total. The molecule has 1 aromatic rings. The van der Waals surface area contributed by atoms with Crippen molar-refractivity contribution in [1.82, 2.24) is 10.1 Å². The molecule has 0 saturated heterocycles. The first-order valence-corrected chi connectivity index (χ1v) is 4.77. The first kappa shape index (κ1) is 10.2. The first-order chi connectivity index (χ1) is 5.95. The lowest BCUT2D eigenvalue weighted by Crippen LogP contribution is -2.16. The van der Waals surface area contributed by atoms with Crippen LogP contribution in [0.15, 0.2) is 4.52 Å². The standard InChI is InChI=1S/C10H18N2O/c1-6-8-11-9(12-13-8)7(2)10(3,4)5/h7H,6H2,1-5H3. The van der Waals surface area contributed by atoms with Crippen LogP contribution in [0, 0.1) is 5.41 Å². The van der Waals surface area contributed by atoms with Crippen molar-refractivity contribution in [2.45, 2.75) is 47.0 Å². The summed E-state index contributed by atoms with van der Waals surface area (Å²) >= 11 is 0. The molecule has 74 valence electrons. The molecule has 1 aromatic heterocycles. The molecule has 0 saturated carbocycles. The van der Waals surface area contributed by atoms with Crippen LogP contribution in [0.4, 0.5) is 0 Å². The van der Waals surface area contributed by atoms with E-state index in [1.54, 1.807) is 0 Å². The maximum atomic E-state index is 5.07. The Balaban J connectivity index is 2.83. The van der Waals surface area contributed by atoms with Crippen molar-refractivity contribution in [3.63, 3.8) is 0 Å². The van der Waals surface area contributed by atoms with Gasteiger partial charge in [0.25, 0.3) is 0 Å². The third-order valence-electron chi connectivity index (χ3n) is 2.47. The summed E-state index contributed by atoms with van der Waals surface area (Å²) < 4.78 is 5.07. The monoisotopic (exact) mass is 182 g/mol. The van der Waals surface area contributed by atoms with E-state index in [0.29, 0.717) is 5.92 Å². The van der Waals surface area contributed by atoms with Crippen molar-refractivity contribution in [3.8, 4) is 0 Å². The second kappa shape index (κ2) is 3.48. The first-order valence-electron chi connectivity index (χ1n) is 4.77. The van der Waals surface area contributed by atoms with E-state index in [9.17, 15) is 0 Å². The van der Waals surface area contributed by atoms with Crippen LogP contribution in [0.1, 0.15) is 52.3 Å². The number of nitrogens with zero attached hydrogens (tertiary/aromatic N) is 2. The summed E-state index contributed by atoms with van der Waals surface area (Å²) in [5, 5.41) is 3.97. The Hall–Kier alpha value is -0.860. The van der Waals surface area contributed by atoms with Gasteiger partial charge in [-0.15, -0.1) is 0 Å². The van der Waals surface area contributed by atoms with Gasteiger partial charge in [-0.05, 0) is 5.41 Å². The number of aromatic nitrogens is 2. The van der Waals surface area contributed by atoms with Crippen LogP contribution < -0.4 is 0 Å². The fraction of sp³-hybridized carbons (Fsp3) is 0.800. The molecular formula is C10H18N2O. The second-order valence-corrected chi connectivity index (χ2v) is 4.49. The Kier molecular flexibility index (Phi) is 2.74. The Morgan fingerprint density at radius 1 is 1.38 bits per heavy atom. The number of aryl methyl sites for hydroxylation is 1. The van der Waals surface area contributed by atoms with Gasteiger partial charge in [0.1, 0.15) is 0 Å². The highest BCUT2D eigenvalue weighted by Crippen LogP contribution is 2.32. The molecule has 0 radical (unpaired) electrons. The van der Waals surface area contributed by atoms with Crippen LogP contribution in [0.3, 0.4) is 0 Å². The average Bonchev–Trinajstić information content (AvgIpc) is 2.48. The van der Waals surface area contributed by atoms with E-state index in [1.807, 2.05) is 6.92 Å². The number of rotatable bonds is 2. The van der Waals surface area contributed by atoms with Crippen molar-refractivity contribution in [1.29, 1.82) is 0 Å². The molecule has 0 N–H and O–H groups in total. The van der Waals surface area contributed by atoms with Gasteiger partial charge < -0.3 is 4.52 Å². The smallest absolute Gasteiger partial charge is 0.226 e. The van der Waals surface area contributed by atoms with Gasteiger partial charge in [0.2, 0.25) is 5.89 Å². The number of hydrogen-bond donors (Lipinski definition) is 0. The molecule has 0 amide bonds. The van der Waals surface area contributed by atoms with Crippen molar-refractivity contribution >= 4 is 0 Å². The van der Waals surface area contributed by atoms with Gasteiger partial charge in [0.15, 0.2) is 5.82 Å². The number of hydrogen-bond acceptors (Lipinski definition) is 3. The molecule has 1 unspecified atom stereocenters. The molecular weight excluding hydrogens is 164 g/mol. The summed E-state index contributed by atoms with van der Waals surface area (Å²) in [7, 11) is 0. The lowest BCUT2D eigenvalue weighted by Gasteiger charge is -2.23. The summed E-state index contributed by atoms with van der Waals surface area (Å²) in [4.78, 5) is 4.32. The third-order valence-corrected chi connectivity index (χ3v) is 2.47. The highest BCUT2D eigenvalue weighted by atomic mass is 16.5. The predicted octanol–water partition coefficient (Wildman–Crippen LogP) is 2.78. The largest absolute Gasteiger partial charge is 0.339 e. The van der Waals surface area contributed by atoms with Gasteiger partial charge >= 0.3 is 0 Å². The molecule has 13 heavy (non-hydrogen) atoms. The van der Waals surface area contributed by atoms with Gasteiger partial charge in [-0.25, -0.2) is 0 Å². The summed E-state index contributed by atoms with van der Waals surface area (Å²) in [6.45, 7) is 10.7. The van der Waals surface area contributed by atoms with Gasteiger partial charge in [-0.2, -0.15) is 4.98 Å². The molecule has 1 heterocycles. The maximum Gasteiger partial charge on any atom is 0.226 e. The molecule has 0 aliphatic rings. The van der Waals surface area contributed by atoms with Crippen molar-refractivity contribution in [2.75, 3.05) is 0 Å². The van der Waals surface area contributed by atoms with Crippen molar-refractivity contribution in [2.24, 2.45) is 5.41 Å². The fourth-order valence-corrected chi connectivity index (χ4v) is 0.975. The molecule has 0 aromatic carbocycles. The molecule has 1 atom stereocenters. The van der Waals surface area contributed by atoms with E-state index in [4.69, 9.17) is 4.52 Å². The zero-order valence-electron chi connectivity index (χ0n) is 9.09. The van der Waals surface area contributed by atoms with E-state index in [-0.39, 0.29) is 5.41 Å². The van der Waals surface area contributed by atoms with E-state index in [0.717, 1.165) is 18.1 Å². The Labute approximate surface area is 79.5 Å². The van der Waals surface area contributed by atoms with E-state index in [2.05, 4.69) is 37.8 Å². The normalized spacial score (nSPS) is 14.5. The minimum absolute atomic E-state index is 0.189. The van der Waals surface area contributed by atoms with Crippen molar-refractivity contribution in [3.05, 3.63) is 11.7 Å². The van der Waals surface area contributed by atoms with Crippen LogP contribution in [-0.4, -0.2) is 10.1 Å². The average molecular weight is 182 g/mol. The van der Waals surface area contributed by atoms with E-state index >= 15 is 0 Å². The van der Waals surface area contributed by atoms with Crippen LogP contribution in [0.2, 0.25) is 0 Å². The molecule has 0 aliphatic heterocycles. The quantitative estimate of drug-likeness (QED) is 0.706. The minimum atomic E-state index is 0.189. The molecule has 0 aliphatic carbocycles. The Morgan fingerprint density at radius 2 is 2.00 bits per heavy atom. The van der Waals surface area contributed by atoms with Crippen LogP contribution >= 0.6 is 0 Å². The Bertz CT molecular complexity index is 273. The molecule has 1 rings (SSSR count). The Morgan fingerprint density at radius 3 is 2.38 bits per heavy atom. The minimum Gasteiger partial charge on any atom is -0.339 e. The summed E-state index contributed by atoms with van der Waals surface area (Å²) in [6, 6.07) is 0. The SMILES string of the molecule is CCc1nc(C(C)C(C)(C)C)no1. The predicted molar refractivity (Wildman–Crippen MR) is 51.5 cm³/mol. The summed E-state index contributed by atoms with van der Waals surface area (Å²) in [6.07, 6.45) is 0.809. The molecule has 0 fully saturated rings. The van der Waals surface area contributed by atoms with Crippen LogP contribution in [0.25, 0.3) is 0 Å². The van der Waals surface area contributed by atoms with E-state index in [1.165, 1.54) is 0 Å². The highest BCUT2D eigenvalue weighted by Gasteiger charge is 2.25. The van der Waals surface area contributed by atoms with E-state index < -0.39 is 0 Å². The lowest BCUT2D eigenvalue weighted by molar-refractivity contribution is 0.311. The summed E-state index contributed by atoms with van der Waals surface area (Å²) in [5.74, 6) is 1.88. The van der Waals surface area contributed by atoms with Gasteiger partial charge in [-0.3, -0.25) is 0 Å². The third kappa shape index (κ3) is 2.29. The van der Waals surface area contributed by atoms with Gasteiger partial charge in [0.05, 0.1) is 0 Å². The van der Waals surface area contributed by atoms with Gasteiger partial charge in [0, 0.05) is 12.3 Å². The maximum absolute atomic E-state index is 5.07. The zero-order chi connectivity index (χ0) is 10.1. The second-order valence-electron chi connectivity index (χ2n) is 4.49. The topological polar surface area (TPSA) is 38.9 Å². The fourth-order valence-electron chi connectivity index (χ4n) is 0.975. The molecule has 3 heteroatoms. The highest BCUT2D eigenvalue weighted by molar-refractivity contribution is 4.98. The van der Waals surface area contributed by atoms with Gasteiger partial charge in [-0.1, -0.05) is 39.8 Å². The van der Waals surface area contributed by atoms with Crippen LogP contribution in [0.5, 0.6) is 0 Å². The molecule has 0 spiro atoms. The molecule has 0 bridgehead atoms. The zero-order valence-corrected chi connectivity index (χ0v) is 9.09. The lowest BCUT2D eigenvalue weighted by atomic mass is 9.82. The van der Waals surface area contributed by atoms with Crippen LogP contribution in [-0.2, 0) is 6.42 Å². The van der Waals surface area contributed by atoms with Crippen molar-refractivity contribution < 1.29 is 4.52 Å². The summed E-state index contributed by atoms with van der Waals surface area (Å²) in [5.41, 5.74) is 0.189.